The summed E-state index contributed by atoms with van der Waals surface area (Å²) in [5.41, 5.74) is 6.88. The molecule has 1 fully saturated rings. The molecule has 1 atom stereocenters. The van der Waals surface area contributed by atoms with E-state index in [-0.39, 0.29) is 11.4 Å². The summed E-state index contributed by atoms with van der Waals surface area (Å²) in [5, 5.41) is 13.9. The molecule has 3 aliphatic rings. The van der Waals surface area contributed by atoms with Gasteiger partial charge in [-0.1, -0.05) is 30.3 Å². The first-order valence-corrected chi connectivity index (χ1v) is 15.4. The van der Waals surface area contributed by atoms with Crippen molar-refractivity contribution < 1.29 is 24.1 Å². The quantitative estimate of drug-likeness (QED) is 0.329. The number of ether oxygens (including phenoxy) is 3. The van der Waals surface area contributed by atoms with E-state index in [2.05, 4.69) is 41.2 Å². The molecule has 0 bridgehead atoms. The molecule has 9 nitrogen and oxygen atoms in total. The average Bonchev–Trinajstić information content (AvgIpc) is 3.33. The molecule has 1 aliphatic carbocycles. The second-order valence-electron chi connectivity index (χ2n) is 11.5. The fourth-order valence-corrected chi connectivity index (χ4v) is 6.31. The molecule has 2 aliphatic heterocycles. The molecule has 1 unspecified atom stereocenters. The zero-order valence-corrected chi connectivity index (χ0v) is 25.1. The van der Waals surface area contributed by atoms with Crippen LogP contribution in [-0.4, -0.2) is 63.1 Å². The Morgan fingerprint density at radius 2 is 2.05 bits per heavy atom. The van der Waals surface area contributed by atoms with E-state index in [4.69, 9.17) is 19.2 Å². The van der Waals surface area contributed by atoms with Crippen LogP contribution < -0.4 is 4.74 Å². The number of pyridine rings is 1. The monoisotopic (exact) mass is 584 g/mol. The number of fused-ring (bicyclic) bond motifs is 1. The van der Waals surface area contributed by atoms with Gasteiger partial charge < -0.3 is 19.3 Å². The zero-order valence-electron chi connectivity index (χ0n) is 25.1. The largest absolute Gasteiger partial charge is 0.488 e. The van der Waals surface area contributed by atoms with Gasteiger partial charge in [-0.3, -0.25) is 4.90 Å². The molecule has 1 aromatic carbocycles. The Bertz CT molecular complexity index is 1540. The Kier molecular flexibility index (Phi) is 8.90. The third-order valence-corrected chi connectivity index (χ3v) is 8.54. The number of allylic oxidation sites excluding steroid dienone is 3. The van der Waals surface area contributed by atoms with Crippen LogP contribution >= 0.6 is 0 Å². The minimum atomic E-state index is -1.09. The van der Waals surface area contributed by atoms with E-state index in [9.17, 15) is 9.90 Å². The standard InChI is InChI=1S/C34H40N4O5/c1-3-42-33-29(34(39)40)19-35-38(33)31-13-5-12-30(36-31)28-11-4-8-23(2)32(28)43-21-24-14-15-26-20-37(16-6-9-25(26)18-24)27-10-7-17-41-22-27/h5,11-15,18-19,27H,3-4,6-10,16-17,20-22H2,1-2H3,(H,39,40). The number of hydrogen-bond donors (Lipinski definition) is 1. The van der Waals surface area contributed by atoms with Crippen molar-refractivity contribution in [2.24, 2.45) is 0 Å². The molecular weight excluding hydrogens is 544 g/mol. The SMILES string of the molecule is CCOc1c(C(=O)O)cnn1-c1cccc(C2=CCCC(C)=C2OCc2ccc3c(c2)CCCN(C2CCCOC2)C3)n1. The van der Waals surface area contributed by atoms with E-state index in [1.807, 2.05) is 19.1 Å². The van der Waals surface area contributed by atoms with Gasteiger partial charge in [0.25, 0.3) is 0 Å². The minimum absolute atomic E-state index is 0.00200. The van der Waals surface area contributed by atoms with Crippen LogP contribution in [0.2, 0.25) is 0 Å². The normalized spacial score (nSPS) is 19.4. The maximum absolute atomic E-state index is 11.7. The number of carboxylic acids is 1. The number of aryl methyl sites for hydroxylation is 1. The molecule has 0 radical (unpaired) electrons. The molecule has 4 heterocycles. The van der Waals surface area contributed by atoms with Crippen molar-refractivity contribution in [3.05, 3.63) is 88.0 Å². The van der Waals surface area contributed by atoms with E-state index in [1.165, 1.54) is 39.6 Å². The van der Waals surface area contributed by atoms with Gasteiger partial charge in [-0.25, -0.2) is 9.78 Å². The molecule has 1 N–H and O–H groups in total. The maximum atomic E-state index is 11.7. The number of carboxylic acid groups (broad SMARTS) is 1. The fraction of sp³-hybridized carbons (Fsp3) is 0.441. The van der Waals surface area contributed by atoms with Gasteiger partial charge in [0.2, 0.25) is 5.88 Å². The van der Waals surface area contributed by atoms with Gasteiger partial charge in [-0.05, 0) is 93.3 Å². The third-order valence-electron chi connectivity index (χ3n) is 8.54. The maximum Gasteiger partial charge on any atom is 0.342 e. The molecule has 43 heavy (non-hydrogen) atoms. The van der Waals surface area contributed by atoms with Crippen LogP contribution in [0.25, 0.3) is 11.4 Å². The predicted molar refractivity (Wildman–Crippen MR) is 163 cm³/mol. The van der Waals surface area contributed by atoms with E-state index < -0.39 is 5.97 Å². The molecule has 0 saturated carbocycles. The van der Waals surface area contributed by atoms with E-state index in [0.29, 0.717) is 25.1 Å². The smallest absolute Gasteiger partial charge is 0.342 e. The molecule has 1 saturated heterocycles. The van der Waals surface area contributed by atoms with Crippen molar-refractivity contribution in [1.82, 2.24) is 19.7 Å². The van der Waals surface area contributed by atoms with Crippen molar-refractivity contribution in [3.63, 3.8) is 0 Å². The Labute approximate surface area is 252 Å². The van der Waals surface area contributed by atoms with Gasteiger partial charge in [-0.2, -0.15) is 9.78 Å². The number of nitrogens with zero attached hydrogens (tertiary/aromatic N) is 4. The summed E-state index contributed by atoms with van der Waals surface area (Å²) in [7, 11) is 0. The summed E-state index contributed by atoms with van der Waals surface area (Å²) < 4.78 is 19.4. The van der Waals surface area contributed by atoms with Crippen LogP contribution in [-0.2, 0) is 29.0 Å². The van der Waals surface area contributed by atoms with Crippen molar-refractivity contribution in [2.75, 3.05) is 26.4 Å². The van der Waals surface area contributed by atoms with Crippen LogP contribution in [0.4, 0.5) is 0 Å². The molecule has 2 aromatic heterocycles. The predicted octanol–water partition coefficient (Wildman–Crippen LogP) is 5.96. The summed E-state index contributed by atoms with van der Waals surface area (Å²) in [5.74, 6) is 0.408. The topological polar surface area (TPSA) is 98.9 Å². The summed E-state index contributed by atoms with van der Waals surface area (Å²) in [6.07, 6.45) is 9.91. The second kappa shape index (κ2) is 13.1. The second-order valence-corrected chi connectivity index (χ2v) is 11.5. The highest BCUT2D eigenvalue weighted by Gasteiger charge is 2.25. The number of aromatic nitrogens is 3. The van der Waals surface area contributed by atoms with Crippen molar-refractivity contribution in [2.45, 2.75) is 71.6 Å². The highest BCUT2D eigenvalue weighted by molar-refractivity contribution is 5.90. The Balaban J connectivity index is 1.19. The third kappa shape index (κ3) is 6.38. The van der Waals surface area contributed by atoms with Crippen molar-refractivity contribution in [1.29, 1.82) is 0 Å². The summed E-state index contributed by atoms with van der Waals surface area (Å²) in [4.78, 5) is 19.2. The number of carbonyl (C=O) groups is 1. The van der Waals surface area contributed by atoms with Crippen molar-refractivity contribution >= 4 is 11.5 Å². The lowest BCUT2D eigenvalue weighted by atomic mass is 9.95. The van der Waals surface area contributed by atoms with E-state index in [0.717, 1.165) is 75.4 Å². The molecule has 6 rings (SSSR count). The average molecular weight is 585 g/mol. The van der Waals surface area contributed by atoms with Gasteiger partial charge >= 0.3 is 5.97 Å². The van der Waals surface area contributed by atoms with Gasteiger partial charge in [-0.15, -0.1) is 0 Å². The van der Waals surface area contributed by atoms with Gasteiger partial charge in [0.15, 0.2) is 5.82 Å². The molecule has 3 aromatic rings. The first-order chi connectivity index (χ1) is 21.0. The number of rotatable bonds is 9. The summed E-state index contributed by atoms with van der Waals surface area (Å²) in [6.45, 7) is 8.56. The Morgan fingerprint density at radius 3 is 2.86 bits per heavy atom. The van der Waals surface area contributed by atoms with Crippen LogP contribution in [0.1, 0.15) is 78.7 Å². The van der Waals surface area contributed by atoms with E-state index in [1.54, 1.807) is 6.07 Å². The lowest BCUT2D eigenvalue weighted by molar-refractivity contribution is 0.0151. The first kappa shape index (κ1) is 29.1. The van der Waals surface area contributed by atoms with Gasteiger partial charge in [0.05, 0.1) is 25.1 Å². The van der Waals surface area contributed by atoms with E-state index >= 15 is 0 Å². The lowest BCUT2D eigenvalue weighted by Crippen LogP contribution is -2.40. The number of hydrogen-bond acceptors (Lipinski definition) is 7. The van der Waals surface area contributed by atoms with Crippen molar-refractivity contribution in [3.8, 4) is 11.7 Å². The molecular formula is C34H40N4O5. The summed E-state index contributed by atoms with van der Waals surface area (Å²) in [6, 6.07) is 13.0. The van der Waals surface area contributed by atoms with Crippen LogP contribution in [0, 0.1) is 0 Å². The zero-order chi connectivity index (χ0) is 29.8. The van der Waals surface area contributed by atoms with Crippen LogP contribution in [0.3, 0.4) is 0 Å². The lowest BCUT2D eigenvalue weighted by Gasteiger charge is -2.33. The molecule has 0 spiro atoms. The number of benzene rings is 1. The Hall–Kier alpha value is -3.95. The van der Waals surface area contributed by atoms with Gasteiger partial charge in [0, 0.05) is 24.8 Å². The first-order valence-electron chi connectivity index (χ1n) is 15.4. The minimum Gasteiger partial charge on any atom is -0.488 e. The molecule has 226 valence electrons. The fourth-order valence-electron chi connectivity index (χ4n) is 6.31. The highest BCUT2D eigenvalue weighted by atomic mass is 16.5. The number of aromatic carboxylic acids is 1. The summed E-state index contributed by atoms with van der Waals surface area (Å²) >= 11 is 0. The molecule has 0 amide bonds. The van der Waals surface area contributed by atoms with Crippen LogP contribution in [0.5, 0.6) is 5.88 Å². The van der Waals surface area contributed by atoms with Crippen LogP contribution in [0.15, 0.2) is 60.0 Å². The highest BCUT2D eigenvalue weighted by Crippen LogP contribution is 2.34. The van der Waals surface area contributed by atoms with Gasteiger partial charge in [0.1, 0.15) is 17.9 Å². The Morgan fingerprint density at radius 1 is 1.14 bits per heavy atom. The molecule has 9 heteroatoms.